The van der Waals surface area contributed by atoms with E-state index in [9.17, 15) is 5.11 Å². The summed E-state index contributed by atoms with van der Waals surface area (Å²) < 4.78 is 10.7. The van der Waals surface area contributed by atoms with Gasteiger partial charge < -0.3 is 14.6 Å². The Bertz CT molecular complexity index is 596. The van der Waals surface area contributed by atoms with Crippen molar-refractivity contribution in [1.82, 2.24) is 0 Å². The van der Waals surface area contributed by atoms with Gasteiger partial charge in [-0.05, 0) is 19.1 Å². The van der Waals surface area contributed by atoms with Gasteiger partial charge in [-0.3, -0.25) is 0 Å². The van der Waals surface area contributed by atoms with Crippen molar-refractivity contribution in [2.45, 2.75) is 12.5 Å². The fraction of sp³-hybridized carbons (Fsp3) is 0.294. The van der Waals surface area contributed by atoms with Gasteiger partial charge in [0, 0.05) is 23.3 Å². The molecule has 21 heavy (non-hydrogen) atoms. The number of methoxy groups -OCH3 is 1. The summed E-state index contributed by atoms with van der Waals surface area (Å²) in [6, 6.07) is 14.7. The number of para-hydroxylation sites is 1. The van der Waals surface area contributed by atoms with E-state index in [1.54, 1.807) is 20.1 Å². The highest BCUT2D eigenvalue weighted by Crippen LogP contribution is 2.38. The van der Waals surface area contributed by atoms with Crippen molar-refractivity contribution < 1.29 is 14.6 Å². The van der Waals surface area contributed by atoms with Gasteiger partial charge in [-0.25, -0.2) is 0 Å². The second kappa shape index (κ2) is 6.94. The maximum Gasteiger partial charge on any atom is 0.125 e. The van der Waals surface area contributed by atoms with Crippen LogP contribution in [0.4, 0.5) is 0 Å². The molecule has 0 radical (unpaired) electrons. The first-order chi connectivity index (χ1) is 10.1. The normalized spacial score (nSPS) is 13.7. The molecule has 4 heteroatoms. The Labute approximate surface area is 130 Å². The zero-order valence-electron chi connectivity index (χ0n) is 12.2. The first-order valence-corrected chi connectivity index (χ1v) is 7.13. The lowest BCUT2D eigenvalue weighted by Crippen LogP contribution is -2.24. The average molecular weight is 307 g/mol. The van der Waals surface area contributed by atoms with Crippen LogP contribution in [0.2, 0.25) is 5.02 Å². The van der Waals surface area contributed by atoms with Gasteiger partial charge in [0.2, 0.25) is 0 Å². The minimum absolute atomic E-state index is 0.423. The number of ether oxygens (including phenoxy) is 2. The number of hydrogen-bond donors (Lipinski definition) is 1. The molecule has 0 aliphatic heterocycles. The summed E-state index contributed by atoms with van der Waals surface area (Å²) in [6.07, 6.45) is 0. The Morgan fingerprint density at radius 3 is 2.29 bits per heavy atom. The molecule has 0 saturated heterocycles. The van der Waals surface area contributed by atoms with Gasteiger partial charge >= 0.3 is 0 Å². The molecule has 0 bridgehead atoms. The predicted octanol–water partition coefficient (Wildman–Crippen LogP) is 3.62. The maximum absolute atomic E-state index is 11.0. The van der Waals surface area contributed by atoms with Gasteiger partial charge in [-0.15, -0.1) is 0 Å². The molecule has 2 rings (SSSR count). The van der Waals surface area contributed by atoms with E-state index in [4.69, 9.17) is 21.1 Å². The van der Waals surface area contributed by atoms with Crippen molar-refractivity contribution in [2.24, 2.45) is 0 Å². The summed E-state index contributed by atoms with van der Waals surface area (Å²) in [5.41, 5.74) is 0.0887. The van der Waals surface area contributed by atoms with Crippen LogP contribution >= 0.6 is 11.6 Å². The van der Waals surface area contributed by atoms with E-state index < -0.39 is 5.60 Å². The molecule has 0 saturated carbocycles. The van der Waals surface area contributed by atoms with Crippen LogP contribution in [0, 0.1) is 0 Å². The largest absolute Gasteiger partial charge is 0.491 e. The molecule has 2 aromatic carbocycles. The van der Waals surface area contributed by atoms with E-state index in [1.165, 1.54) is 0 Å². The topological polar surface area (TPSA) is 38.7 Å². The zero-order chi connectivity index (χ0) is 15.3. The third-order valence-electron chi connectivity index (χ3n) is 3.35. The van der Waals surface area contributed by atoms with Crippen LogP contribution in [0.5, 0.6) is 5.75 Å². The first kappa shape index (κ1) is 15.8. The Kier molecular flexibility index (Phi) is 5.23. The van der Waals surface area contributed by atoms with Crippen LogP contribution in [0.25, 0.3) is 0 Å². The minimum atomic E-state index is -1.23. The number of hydrogen-bond acceptors (Lipinski definition) is 3. The van der Waals surface area contributed by atoms with Crippen molar-refractivity contribution in [3.63, 3.8) is 0 Å². The Morgan fingerprint density at radius 2 is 1.62 bits per heavy atom. The molecule has 3 nitrogen and oxygen atoms in total. The van der Waals surface area contributed by atoms with Gasteiger partial charge in [-0.1, -0.05) is 48.0 Å². The van der Waals surface area contributed by atoms with Crippen molar-refractivity contribution in [2.75, 3.05) is 20.3 Å². The molecule has 112 valence electrons. The number of halogens is 1. The van der Waals surface area contributed by atoms with E-state index in [0.717, 1.165) is 0 Å². The molecule has 0 spiro atoms. The SMILES string of the molecule is COCCOc1ccccc1C(C)(O)c1ccccc1Cl. The average Bonchev–Trinajstić information content (AvgIpc) is 2.48. The fourth-order valence-electron chi connectivity index (χ4n) is 2.23. The van der Waals surface area contributed by atoms with E-state index >= 15 is 0 Å². The third-order valence-corrected chi connectivity index (χ3v) is 3.68. The molecule has 0 fully saturated rings. The lowest BCUT2D eigenvalue weighted by molar-refractivity contribution is 0.0944. The van der Waals surface area contributed by atoms with Crippen molar-refractivity contribution in [3.8, 4) is 5.75 Å². The molecule has 1 unspecified atom stereocenters. The summed E-state index contributed by atoms with van der Waals surface area (Å²) in [5, 5.41) is 11.5. The molecular weight excluding hydrogens is 288 g/mol. The van der Waals surface area contributed by atoms with Crippen molar-refractivity contribution >= 4 is 11.6 Å². The standard InChI is InChI=1S/C17H19ClO3/c1-17(19,13-7-3-5-9-15(13)18)14-8-4-6-10-16(14)21-12-11-20-2/h3-10,19H,11-12H2,1-2H3. The van der Waals surface area contributed by atoms with Gasteiger partial charge in [-0.2, -0.15) is 0 Å². The maximum atomic E-state index is 11.0. The lowest BCUT2D eigenvalue weighted by Gasteiger charge is -2.27. The van der Waals surface area contributed by atoms with Gasteiger partial charge in [0.25, 0.3) is 0 Å². The monoisotopic (exact) mass is 306 g/mol. The van der Waals surface area contributed by atoms with E-state index in [-0.39, 0.29) is 0 Å². The molecule has 0 heterocycles. The highest BCUT2D eigenvalue weighted by molar-refractivity contribution is 6.31. The molecule has 1 N–H and O–H groups in total. The molecule has 2 aromatic rings. The van der Waals surface area contributed by atoms with Gasteiger partial charge in [0.15, 0.2) is 0 Å². The highest BCUT2D eigenvalue weighted by Gasteiger charge is 2.30. The predicted molar refractivity (Wildman–Crippen MR) is 83.9 cm³/mol. The van der Waals surface area contributed by atoms with Crippen molar-refractivity contribution in [1.29, 1.82) is 0 Å². The molecule has 0 aliphatic rings. The van der Waals surface area contributed by atoms with Gasteiger partial charge in [0.1, 0.15) is 18.0 Å². The number of benzene rings is 2. The molecular formula is C17H19ClO3. The smallest absolute Gasteiger partial charge is 0.125 e. The summed E-state index contributed by atoms with van der Waals surface area (Å²) in [4.78, 5) is 0. The Balaban J connectivity index is 2.38. The van der Waals surface area contributed by atoms with Crippen LogP contribution in [0.3, 0.4) is 0 Å². The summed E-state index contributed by atoms with van der Waals surface area (Å²) >= 11 is 6.22. The lowest BCUT2D eigenvalue weighted by atomic mass is 9.87. The van der Waals surface area contributed by atoms with Crippen LogP contribution in [-0.2, 0) is 10.3 Å². The van der Waals surface area contributed by atoms with E-state index in [1.807, 2.05) is 42.5 Å². The Morgan fingerprint density at radius 1 is 1.00 bits per heavy atom. The molecule has 0 aliphatic carbocycles. The van der Waals surface area contributed by atoms with Crippen LogP contribution < -0.4 is 4.74 Å². The molecule has 0 aromatic heterocycles. The molecule has 1 atom stereocenters. The van der Waals surface area contributed by atoms with E-state index in [2.05, 4.69) is 0 Å². The van der Waals surface area contributed by atoms with Crippen LogP contribution in [0.15, 0.2) is 48.5 Å². The van der Waals surface area contributed by atoms with Crippen molar-refractivity contribution in [3.05, 3.63) is 64.7 Å². The van der Waals surface area contributed by atoms with E-state index in [0.29, 0.717) is 35.1 Å². The minimum Gasteiger partial charge on any atom is -0.491 e. The molecule has 0 amide bonds. The van der Waals surface area contributed by atoms with Crippen LogP contribution in [-0.4, -0.2) is 25.4 Å². The summed E-state index contributed by atoms with van der Waals surface area (Å²) in [5.74, 6) is 0.625. The fourth-order valence-corrected chi connectivity index (χ4v) is 2.55. The highest BCUT2D eigenvalue weighted by atomic mass is 35.5. The third kappa shape index (κ3) is 3.56. The second-order valence-corrected chi connectivity index (χ2v) is 5.30. The van der Waals surface area contributed by atoms with Gasteiger partial charge in [0.05, 0.1) is 6.61 Å². The quantitative estimate of drug-likeness (QED) is 0.828. The first-order valence-electron chi connectivity index (χ1n) is 6.76. The summed E-state index contributed by atoms with van der Waals surface area (Å²) in [6.45, 7) is 2.63. The second-order valence-electron chi connectivity index (χ2n) is 4.89. The number of aliphatic hydroxyl groups is 1. The zero-order valence-corrected chi connectivity index (χ0v) is 12.9. The Hall–Kier alpha value is -1.55. The van der Waals surface area contributed by atoms with Crippen LogP contribution in [0.1, 0.15) is 18.1 Å². The number of rotatable bonds is 6. The summed E-state index contributed by atoms with van der Waals surface area (Å²) in [7, 11) is 1.62.